The van der Waals surface area contributed by atoms with Gasteiger partial charge >= 0.3 is 0 Å². The van der Waals surface area contributed by atoms with Gasteiger partial charge in [-0.2, -0.15) is 0 Å². The van der Waals surface area contributed by atoms with Crippen molar-refractivity contribution >= 4 is 17.3 Å². The number of hydrogen-bond acceptors (Lipinski definition) is 4. The van der Waals surface area contributed by atoms with Crippen LogP contribution in [-0.2, 0) is 6.42 Å². The molecule has 0 unspecified atom stereocenters. The van der Waals surface area contributed by atoms with Crippen molar-refractivity contribution in [2.75, 3.05) is 6.61 Å². The van der Waals surface area contributed by atoms with E-state index in [0.29, 0.717) is 0 Å². The monoisotopic (exact) mass is 217 g/mol. The van der Waals surface area contributed by atoms with E-state index in [1.165, 1.54) is 6.07 Å². The molecule has 0 fully saturated rings. The maximum absolute atomic E-state index is 10.4. The van der Waals surface area contributed by atoms with Crippen molar-refractivity contribution < 1.29 is 15.1 Å². The Morgan fingerprint density at radius 1 is 1.50 bits per heavy atom. The molecular formula is C8H8ClNO4. The Hall–Kier alpha value is -1.33. The molecule has 0 atom stereocenters. The number of aromatic hydroxyl groups is 1. The summed E-state index contributed by atoms with van der Waals surface area (Å²) in [6.07, 6.45) is 0.132. The Morgan fingerprint density at radius 3 is 2.64 bits per heavy atom. The highest BCUT2D eigenvalue weighted by atomic mass is 35.5. The first-order valence-corrected chi connectivity index (χ1v) is 4.20. The van der Waals surface area contributed by atoms with E-state index in [1.54, 1.807) is 0 Å². The fourth-order valence-corrected chi connectivity index (χ4v) is 1.29. The number of nitrogens with zero attached hydrogens (tertiary/aromatic N) is 1. The molecule has 14 heavy (non-hydrogen) atoms. The van der Waals surface area contributed by atoms with E-state index in [4.69, 9.17) is 16.7 Å². The molecule has 1 rings (SSSR count). The van der Waals surface area contributed by atoms with Crippen LogP contribution in [0.4, 0.5) is 5.69 Å². The Morgan fingerprint density at radius 2 is 2.14 bits per heavy atom. The largest absolute Gasteiger partial charge is 0.506 e. The van der Waals surface area contributed by atoms with E-state index in [-0.39, 0.29) is 35.1 Å². The third-order valence-corrected chi connectivity index (χ3v) is 2.01. The molecule has 0 aliphatic rings. The molecule has 0 aliphatic carbocycles. The van der Waals surface area contributed by atoms with Crippen molar-refractivity contribution in [3.05, 3.63) is 32.8 Å². The van der Waals surface area contributed by atoms with Crippen LogP contribution < -0.4 is 0 Å². The second-order valence-corrected chi connectivity index (χ2v) is 3.07. The van der Waals surface area contributed by atoms with Crippen LogP contribution in [0.25, 0.3) is 0 Å². The summed E-state index contributed by atoms with van der Waals surface area (Å²) in [5.74, 6) is -0.216. The molecule has 2 N–H and O–H groups in total. The van der Waals surface area contributed by atoms with Gasteiger partial charge in [0.05, 0.1) is 9.95 Å². The van der Waals surface area contributed by atoms with Crippen molar-refractivity contribution in [3.63, 3.8) is 0 Å². The third kappa shape index (κ3) is 2.12. The second-order valence-electron chi connectivity index (χ2n) is 2.67. The van der Waals surface area contributed by atoms with Gasteiger partial charge in [0.1, 0.15) is 5.75 Å². The average Bonchev–Trinajstić information content (AvgIpc) is 2.12. The zero-order valence-electron chi connectivity index (χ0n) is 7.11. The summed E-state index contributed by atoms with van der Waals surface area (Å²) in [6, 6.07) is 2.26. The zero-order chi connectivity index (χ0) is 10.7. The standard InChI is InChI=1S/C8H8ClNO4/c9-7-4-6(10(13)14)3-5(1-2-11)8(7)12/h3-4,11-12H,1-2H2. The molecule has 1 aromatic rings. The smallest absolute Gasteiger partial charge is 0.271 e. The Bertz CT molecular complexity index is 367. The van der Waals surface area contributed by atoms with Crippen LogP contribution in [0.3, 0.4) is 0 Å². The van der Waals surface area contributed by atoms with Gasteiger partial charge in [-0.3, -0.25) is 10.1 Å². The summed E-state index contributed by atoms with van der Waals surface area (Å²) in [6.45, 7) is -0.203. The van der Waals surface area contributed by atoms with Gasteiger partial charge in [-0.25, -0.2) is 0 Å². The molecule has 0 aliphatic heterocycles. The predicted molar refractivity (Wildman–Crippen MR) is 50.6 cm³/mol. The normalized spacial score (nSPS) is 10.1. The van der Waals surface area contributed by atoms with E-state index >= 15 is 0 Å². The van der Waals surface area contributed by atoms with Crippen LogP contribution >= 0.6 is 11.6 Å². The van der Waals surface area contributed by atoms with Crippen molar-refractivity contribution in [1.29, 1.82) is 0 Å². The fourth-order valence-electron chi connectivity index (χ4n) is 1.06. The number of nitro groups is 1. The van der Waals surface area contributed by atoms with E-state index in [2.05, 4.69) is 0 Å². The van der Waals surface area contributed by atoms with Gasteiger partial charge in [0.2, 0.25) is 0 Å². The van der Waals surface area contributed by atoms with E-state index in [1.807, 2.05) is 0 Å². The van der Waals surface area contributed by atoms with E-state index in [9.17, 15) is 15.2 Å². The number of hydrogen-bond donors (Lipinski definition) is 2. The summed E-state index contributed by atoms with van der Waals surface area (Å²) in [7, 11) is 0. The minimum Gasteiger partial charge on any atom is -0.506 e. The molecular weight excluding hydrogens is 210 g/mol. The summed E-state index contributed by atoms with van der Waals surface area (Å²) >= 11 is 5.56. The maximum Gasteiger partial charge on any atom is 0.271 e. The van der Waals surface area contributed by atoms with Crippen molar-refractivity contribution in [2.45, 2.75) is 6.42 Å². The molecule has 0 bridgehead atoms. The summed E-state index contributed by atoms with van der Waals surface area (Å²) < 4.78 is 0. The number of phenols is 1. The van der Waals surface area contributed by atoms with Crippen LogP contribution in [0.15, 0.2) is 12.1 Å². The lowest BCUT2D eigenvalue weighted by Crippen LogP contribution is -1.95. The number of aliphatic hydroxyl groups is 1. The quantitative estimate of drug-likeness (QED) is 0.594. The number of halogens is 1. The Labute approximate surface area is 84.7 Å². The number of aliphatic hydroxyl groups excluding tert-OH is 1. The molecule has 0 heterocycles. The van der Waals surface area contributed by atoms with Gasteiger partial charge in [0.25, 0.3) is 5.69 Å². The lowest BCUT2D eigenvalue weighted by Gasteiger charge is -2.04. The van der Waals surface area contributed by atoms with Gasteiger partial charge in [0.15, 0.2) is 0 Å². The van der Waals surface area contributed by atoms with Crippen LogP contribution in [0.1, 0.15) is 5.56 Å². The Kier molecular flexibility index (Phi) is 3.27. The van der Waals surface area contributed by atoms with Gasteiger partial charge in [-0.05, 0) is 6.42 Å². The molecule has 0 radical (unpaired) electrons. The molecule has 0 spiro atoms. The number of benzene rings is 1. The number of nitro benzene ring substituents is 1. The summed E-state index contributed by atoms with van der Waals surface area (Å²) in [5, 5.41) is 28.4. The molecule has 6 heteroatoms. The first-order valence-electron chi connectivity index (χ1n) is 3.83. The van der Waals surface area contributed by atoms with Crippen LogP contribution in [0.5, 0.6) is 5.75 Å². The highest BCUT2D eigenvalue weighted by molar-refractivity contribution is 6.32. The average molecular weight is 218 g/mol. The van der Waals surface area contributed by atoms with Gasteiger partial charge in [0, 0.05) is 24.3 Å². The summed E-state index contributed by atoms with van der Waals surface area (Å²) in [4.78, 5) is 9.82. The molecule has 5 nitrogen and oxygen atoms in total. The summed E-state index contributed by atoms with van der Waals surface area (Å²) in [5.41, 5.74) is 0.0722. The third-order valence-electron chi connectivity index (χ3n) is 1.72. The molecule has 0 saturated heterocycles. The topological polar surface area (TPSA) is 83.6 Å². The highest BCUT2D eigenvalue weighted by Gasteiger charge is 2.14. The van der Waals surface area contributed by atoms with Gasteiger partial charge in [-0.1, -0.05) is 11.6 Å². The molecule has 76 valence electrons. The van der Waals surface area contributed by atoms with Crippen molar-refractivity contribution in [3.8, 4) is 5.75 Å². The SMILES string of the molecule is O=[N+]([O-])c1cc(Cl)c(O)c(CCO)c1. The fraction of sp³-hybridized carbons (Fsp3) is 0.250. The van der Waals surface area contributed by atoms with Crippen molar-refractivity contribution in [2.24, 2.45) is 0 Å². The molecule has 1 aromatic carbocycles. The lowest BCUT2D eigenvalue weighted by atomic mass is 10.1. The minimum absolute atomic E-state index is 0.0809. The predicted octanol–water partition coefficient (Wildman–Crippen LogP) is 1.49. The lowest BCUT2D eigenvalue weighted by molar-refractivity contribution is -0.384. The Balaban J connectivity index is 3.20. The number of non-ortho nitro benzene ring substituents is 1. The highest BCUT2D eigenvalue weighted by Crippen LogP contribution is 2.32. The van der Waals surface area contributed by atoms with Crippen molar-refractivity contribution in [1.82, 2.24) is 0 Å². The molecule has 0 aromatic heterocycles. The number of rotatable bonds is 3. The molecule has 0 saturated carbocycles. The first kappa shape index (κ1) is 10.7. The van der Waals surface area contributed by atoms with Crippen LogP contribution in [-0.4, -0.2) is 21.7 Å². The van der Waals surface area contributed by atoms with Gasteiger partial charge < -0.3 is 10.2 Å². The maximum atomic E-state index is 10.4. The number of phenolic OH excluding ortho intramolecular Hbond substituents is 1. The van der Waals surface area contributed by atoms with Crippen LogP contribution in [0.2, 0.25) is 5.02 Å². The van der Waals surface area contributed by atoms with E-state index < -0.39 is 4.92 Å². The second kappa shape index (κ2) is 4.26. The first-order chi connectivity index (χ1) is 6.56. The van der Waals surface area contributed by atoms with Gasteiger partial charge in [-0.15, -0.1) is 0 Å². The molecule has 0 amide bonds. The van der Waals surface area contributed by atoms with Crippen LogP contribution in [0, 0.1) is 10.1 Å². The zero-order valence-corrected chi connectivity index (χ0v) is 7.86. The van der Waals surface area contributed by atoms with E-state index in [0.717, 1.165) is 6.07 Å². The minimum atomic E-state index is -0.605.